The van der Waals surface area contributed by atoms with E-state index in [1.807, 2.05) is 4.68 Å². The Balaban J connectivity index is 1.74. The van der Waals surface area contributed by atoms with Gasteiger partial charge in [0.1, 0.15) is 5.82 Å². The van der Waals surface area contributed by atoms with E-state index in [1.54, 1.807) is 0 Å². The first-order chi connectivity index (χ1) is 12.5. The Hall–Kier alpha value is -1.98. The number of nitrogens with one attached hydrogen (secondary N) is 1. The van der Waals surface area contributed by atoms with Crippen LogP contribution in [-0.2, 0) is 12.6 Å². The van der Waals surface area contributed by atoms with Crippen LogP contribution in [0, 0.1) is 0 Å². The number of hydrogen-bond acceptors (Lipinski definition) is 2. The highest BCUT2D eigenvalue weighted by molar-refractivity contribution is 5.55. The minimum absolute atomic E-state index is 0.480. The minimum Gasteiger partial charge on any atom is -0.370 e. The topological polar surface area (TPSA) is 29.9 Å². The third kappa shape index (κ3) is 3.33. The van der Waals surface area contributed by atoms with E-state index >= 15 is 0 Å². The van der Waals surface area contributed by atoms with E-state index in [2.05, 4.69) is 5.32 Å². The number of nitrogens with zero attached hydrogens (tertiary/aromatic N) is 2. The zero-order chi connectivity index (χ0) is 18.1. The van der Waals surface area contributed by atoms with Crippen molar-refractivity contribution < 1.29 is 13.2 Å². The zero-order valence-electron chi connectivity index (χ0n) is 14.8. The molecule has 1 aromatic carbocycles. The molecule has 0 bridgehead atoms. The van der Waals surface area contributed by atoms with Gasteiger partial charge < -0.3 is 5.32 Å². The average Bonchev–Trinajstić information content (AvgIpc) is 2.83. The van der Waals surface area contributed by atoms with E-state index in [0.29, 0.717) is 11.6 Å². The second-order valence-electron chi connectivity index (χ2n) is 7.39. The quantitative estimate of drug-likeness (QED) is 0.743. The molecule has 1 saturated carbocycles. The van der Waals surface area contributed by atoms with Crippen LogP contribution in [0.4, 0.5) is 19.0 Å². The molecule has 26 heavy (non-hydrogen) atoms. The van der Waals surface area contributed by atoms with E-state index < -0.39 is 11.7 Å². The van der Waals surface area contributed by atoms with Gasteiger partial charge in [0.2, 0.25) is 0 Å². The standard InChI is InChI=1S/C20H24F3N3/c21-20(22,23)15-9-11-16(12-10-15)26-19-17(8-4-5-13-24-19)18(25-26)14-6-2-1-3-7-14/h9-12,14,24H,1-8,13H2. The van der Waals surface area contributed by atoms with Crippen molar-refractivity contribution in [3.05, 3.63) is 41.1 Å². The van der Waals surface area contributed by atoms with Crippen molar-refractivity contribution >= 4 is 5.82 Å². The van der Waals surface area contributed by atoms with Gasteiger partial charge in [-0.25, -0.2) is 4.68 Å². The smallest absolute Gasteiger partial charge is 0.370 e. The number of halogens is 3. The molecule has 0 unspecified atom stereocenters. The molecule has 0 radical (unpaired) electrons. The number of benzene rings is 1. The molecule has 2 aliphatic rings. The molecule has 0 amide bonds. The normalized spacial score (nSPS) is 18.9. The molecule has 4 rings (SSSR count). The van der Waals surface area contributed by atoms with E-state index in [-0.39, 0.29) is 0 Å². The van der Waals surface area contributed by atoms with Gasteiger partial charge in [-0.3, -0.25) is 0 Å². The van der Waals surface area contributed by atoms with E-state index in [4.69, 9.17) is 5.10 Å². The molecule has 1 aliphatic heterocycles. The molecule has 6 heteroatoms. The minimum atomic E-state index is -4.31. The highest BCUT2D eigenvalue weighted by Crippen LogP contribution is 2.39. The predicted octanol–water partition coefficient (Wildman–Crippen LogP) is 5.69. The average molecular weight is 363 g/mol. The second kappa shape index (κ2) is 6.97. The van der Waals surface area contributed by atoms with Gasteiger partial charge >= 0.3 is 6.18 Å². The number of fused-ring (bicyclic) bond motifs is 1. The van der Waals surface area contributed by atoms with Crippen molar-refractivity contribution in [2.45, 2.75) is 63.5 Å². The summed E-state index contributed by atoms with van der Waals surface area (Å²) in [5, 5.41) is 8.37. The SMILES string of the molecule is FC(F)(F)c1ccc(-n2nc(C3CCCCC3)c3c2NCCCC3)cc1. The van der Waals surface area contributed by atoms with Crippen LogP contribution in [0.15, 0.2) is 24.3 Å². The number of hydrogen-bond donors (Lipinski definition) is 1. The Morgan fingerprint density at radius 2 is 1.69 bits per heavy atom. The van der Waals surface area contributed by atoms with E-state index in [9.17, 15) is 13.2 Å². The van der Waals surface area contributed by atoms with Crippen molar-refractivity contribution in [2.75, 3.05) is 11.9 Å². The monoisotopic (exact) mass is 363 g/mol. The Labute approximate surface area is 151 Å². The summed E-state index contributed by atoms with van der Waals surface area (Å²) in [6.45, 7) is 0.878. The number of alkyl halides is 3. The Morgan fingerprint density at radius 1 is 0.962 bits per heavy atom. The molecule has 2 aromatic rings. The fourth-order valence-corrected chi connectivity index (χ4v) is 4.21. The first-order valence-corrected chi connectivity index (χ1v) is 9.57. The summed E-state index contributed by atoms with van der Waals surface area (Å²) in [5.41, 5.74) is 2.49. The summed E-state index contributed by atoms with van der Waals surface area (Å²) in [4.78, 5) is 0. The summed E-state index contributed by atoms with van der Waals surface area (Å²) < 4.78 is 40.4. The lowest BCUT2D eigenvalue weighted by atomic mass is 9.85. The predicted molar refractivity (Wildman–Crippen MR) is 95.8 cm³/mol. The highest BCUT2D eigenvalue weighted by Gasteiger charge is 2.31. The van der Waals surface area contributed by atoms with Crippen LogP contribution in [-0.4, -0.2) is 16.3 Å². The first-order valence-electron chi connectivity index (χ1n) is 9.57. The van der Waals surface area contributed by atoms with Gasteiger partial charge in [-0.1, -0.05) is 19.3 Å². The molecule has 1 aliphatic carbocycles. The zero-order valence-corrected chi connectivity index (χ0v) is 14.8. The lowest BCUT2D eigenvalue weighted by Gasteiger charge is -2.20. The van der Waals surface area contributed by atoms with Crippen molar-refractivity contribution in [1.29, 1.82) is 0 Å². The van der Waals surface area contributed by atoms with Crippen LogP contribution in [0.1, 0.15) is 67.7 Å². The van der Waals surface area contributed by atoms with Crippen LogP contribution >= 0.6 is 0 Å². The van der Waals surface area contributed by atoms with Crippen LogP contribution in [0.25, 0.3) is 5.69 Å². The molecule has 2 heterocycles. The molecule has 0 spiro atoms. The maximum Gasteiger partial charge on any atom is 0.416 e. The third-order valence-electron chi connectivity index (χ3n) is 5.59. The Kier molecular flexibility index (Phi) is 4.67. The summed E-state index contributed by atoms with van der Waals surface area (Å²) in [5.74, 6) is 1.45. The molecule has 0 saturated heterocycles. The molecule has 1 N–H and O–H groups in total. The molecule has 0 atom stereocenters. The third-order valence-corrected chi connectivity index (χ3v) is 5.59. The Bertz CT molecular complexity index is 756. The fourth-order valence-electron chi connectivity index (χ4n) is 4.21. The van der Waals surface area contributed by atoms with Crippen LogP contribution in [0.3, 0.4) is 0 Å². The summed E-state index contributed by atoms with van der Waals surface area (Å²) in [6.07, 6.45) is 4.99. The molecule has 1 fully saturated rings. The first kappa shape index (κ1) is 17.4. The van der Waals surface area contributed by atoms with Crippen LogP contribution in [0.2, 0.25) is 0 Å². The highest BCUT2D eigenvalue weighted by atomic mass is 19.4. The van der Waals surface area contributed by atoms with Crippen molar-refractivity contribution in [3.8, 4) is 5.69 Å². The van der Waals surface area contributed by atoms with Gasteiger partial charge in [0.25, 0.3) is 0 Å². The summed E-state index contributed by atoms with van der Waals surface area (Å²) in [7, 11) is 0. The lowest BCUT2D eigenvalue weighted by molar-refractivity contribution is -0.137. The molecule has 140 valence electrons. The van der Waals surface area contributed by atoms with E-state index in [1.165, 1.54) is 37.0 Å². The van der Waals surface area contributed by atoms with Crippen LogP contribution < -0.4 is 5.32 Å². The van der Waals surface area contributed by atoms with Crippen molar-refractivity contribution in [1.82, 2.24) is 9.78 Å². The van der Waals surface area contributed by atoms with Gasteiger partial charge in [0.05, 0.1) is 16.9 Å². The van der Waals surface area contributed by atoms with Gasteiger partial charge in [-0.15, -0.1) is 0 Å². The molecular formula is C20H24F3N3. The van der Waals surface area contributed by atoms with Gasteiger partial charge in [-0.2, -0.15) is 18.3 Å². The number of rotatable bonds is 2. The van der Waals surface area contributed by atoms with Gasteiger partial charge in [0.15, 0.2) is 0 Å². The van der Waals surface area contributed by atoms with Crippen molar-refractivity contribution in [3.63, 3.8) is 0 Å². The lowest BCUT2D eigenvalue weighted by Crippen LogP contribution is -2.09. The number of aromatic nitrogens is 2. The summed E-state index contributed by atoms with van der Waals surface area (Å²) in [6, 6.07) is 5.32. The second-order valence-corrected chi connectivity index (χ2v) is 7.39. The number of anilines is 1. The van der Waals surface area contributed by atoms with Crippen LogP contribution in [0.5, 0.6) is 0 Å². The molecule has 3 nitrogen and oxygen atoms in total. The molecule has 1 aromatic heterocycles. The maximum absolute atomic E-state index is 12.9. The van der Waals surface area contributed by atoms with Crippen molar-refractivity contribution in [2.24, 2.45) is 0 Å². The summed E-state index contributed by atoms with van der Waals surface area (Å²) >= 11 is 0. The molecular weight excluding hydrogens is 339 g/mol. The largest absolute Gasteiger partial charge is 0.416 e. The fraction of sp³-hybridized carbons (Fsp3) is 0.550. The van der Waals surface area contributed by atoms with Gasteiger partial charge in [-0.05, 0) is 56.4 Å². The maximum atomic E-state index is 12.9. The van der Waals surface area contributed by atoms with Gasteiger partial charge in [0, 0.05) is 18.0 Å². The Morgan fingerprint density at radius 3 is 2.38 bits per heavy atom. The van der Waals surface area contributed by atoms with E-state index in [0.717, 1.165) is 62.3 Å².